The monoisotopic (exact) mass is 334 g/mol. The van der Waals surface area contributed by atoms with Crippen LogP contribution in [0.3, 0.4) is 0 Å². The van der Waals surface area contributed by atoms with Gasteiger partial charge in [-0.3, -0.25) is 9.59 Å². The molecule has 1 saturated heterocycles. The molecule has 0 unspecified atom stereocenters. The number of benzene rings is 2. The molecule has 1 aliphatic carbocycles. The maximum Gasteiger partial charge on any atom is 0.229 e. The highest BCUT2D eigenvalue weighted by atomic mass is 16.2. The highest BCUT2D eigenvalue weighted by Crippen LogP contribution is 2.29. The van der Waals surface area contributed by atoms with Crippen molar-refractivity contribution in [1.29, 1.82) is 0 Å². The number of fused-ring (bicyclic) bond motifs is 1. The van der Waals surface area contributed by atoms with Crippen molar-refractivity contribution in [2.45, 2.75) is 32.6 Å². The van der Waals surface area contributed by atoms with Gasteiger partial charge in [0, 0.05) is 24.3 Å². The van der Waals surface area contributed by atoms with Crippen molar-refractivity contribution < 1.29 is 9.59 Å². The van der Waals surface area contributed by atoms with Gasteiger partial charge in [0.15, 0.2) is 0 Å². The van der Waals surface area contributed by atoms with Crippen LogP contribution in [0.4, 0.5) is 11.4 Å². The Balaban J connectivity index is 1.47. The predicted octanol–water partition coefficient (Wildman–Crippen LogP) is 3.48. The maximum absolute atomic E-state index is 12.6. The summed E-state index contributed by atoms with van der Waals surface area (Å²) in [5, 5.41) is 3.00. The second-order valence-corrected chi connectivity index (χ2v) is 7.02. The summed E-state index contributed by atoms with van der Waals surface area (Å²) in [6.45, 7) is 2.43. The molecule has 2 aliphatic rings. The molecule has 1 aliphatic heterocycles. The van der Waals surface area contributed by atoms with E-state index in [0.29, 0.717) is 6.54 Å². The standard InChI is InChI=1S/C21H22N2O2/c1-14-5-2-3-8-19(14)23-13-17(12-20(23)24)21(25)22-18-10-9-15-6-4-7-16(15)11-18/h2-3,5,8-11,17H,4,6-7,12-13H2,1H3,(H,22,25)/t17-/m0/s1. The van der Waals surface area contributed by atoms with Crippen LogP contribution in [0, 0.1) is 12.8 Å². The number of para-hydroxylation sites is 1. The SMILES string of the molecule is Cc1ccccc1N1C[C@@H](C(=O)Nc2ccc3c(c2)CCC3)CC1=O. The van der Waals surface area contributed by atoms with E-state index in [1.165, 1.54) is 17.5 Å². The third-order valence-corrected chi connectivity index (χ3v) is 5.27. The Morgan fingerprint density at radius 3 is 2.76 bits per heavy atom. The Hall–Kier alpha value is -2.62. The number of aryl methyl sites for hydroxylation is 3. The molecule has 4 nitrogen and oxygen atoms in total. The van der Waals surface area contributed by atoms with Gasteiger partial charge in [-0.25, -0.2) is 0 Å². The molecule has 1 heterocycles. The van der Waals surface area contributed by atoms with Crippen molar-refractivity contribution in [3.8, 4) is 0 Å². The van der Waals surface area contributed by atoms with Crippen molar-refractivity contribution in [3.63, 3.8) is 0 Å². The highest BCUT2D eigenvalue weighted by molar-refractivity contribution is 6.03. The van der Waals surface area contributed by atoms with E-state index in [9.17, 15) is 9.59 Å². The first-order valence-electron chi connectivity index (χ1n) is 8.90. The molecule has 0 radical (unpaired) electrons. The van der Waals surface area contributed by atoms with Gasteiger partial charge in [0.1, 0.15) is 0 Å². The van der Waals surface area contributed by atoms with Gasteiger partial charge in [-0.2, -0.15) is 0 Å². The van der Waals surface area contributed by atoms with Crippen molar-refractivity contribution >= 4 is 23.2 Å². The van der Waals surface area contributed by atoms with Gasteiger partial charge in [0.25, 0.3) is 0 Å². The average molecular weight is 334 g/mol. The molecule has 0 saturated carbocycles. The summed E-state index contributed by atoms with van der Waals surface area (Å²) >= 11 is 0. The second-order valence-electron chi connectivity index (χ2n) is 7.02. The Kier molecular flexibility index (Phi) is 4.04. The summed E-state index contributed by atoms with van der Waals surface area (Å²) in [4.78, 5) is 26.8. The lowest BCUT2D eigenvalue weighted by atomic mass is 10.1. The fourth-order valence-electron chi connectivity index (χ4n) is 3.88. The Morgan fingerprint density at radius 1 is 1.12 bits per heavy atom. The first-order chi connectivity index (χ1) is 12.1. The van der Waals surface area contributed by atoms with Crippen LogP contribution < -0.4 is 10.2 Å². The molecule has 0 spiro atoms. The molecule has 25 heavy (non-hydrogen) atoms. The third-order valence-electron chi connectivity index (χ3n) is 5.27. The van der Waals surface area contributed by atoms with Crippen molar-refractivity contribution in [2.24, 2.45) is 5.92 Å². The summed E-state index contributed by atoms with van der Waals surface area (Å²) in [7, 11) is 0. The van der Waals surface area contributed by atoms with E-state index in [4.69, 9.17) is 0 Å². The summed E-state index contributed by atoms with van der Waals surface area (Å²) in [5.74, 6) is -0.355. The number of hydrogen-bond acceptors (Lipinski definition) is 2. The fourth-order valence-corrected chi connectivity index (χ4v) is 3.88. The number of amides is 2. The minimum Gasteiger partial charge on any atom is -0.326 e. The van der Waals surface area contributed by atoms with Gasteiger partial charge >= 0.3 is 0 Å². The number of carbonyl (C=O) groups is 2. The summed E-state index contributed by atoms with van der Waals surface area (Å²) in [6, 6.07) is 14.0. The minimum atomic E-state index is -0.305. The summed E-state index contributed by atoms with van der Waals surface area (Å²) in [6.07, 6.45) is 3.68. The minimum absolute atomic E-state index is 0.0170. The zero-order valence-corrected chi connectivity index (χ0v) is 14.4. The van der Waals surface area contributed by atoms with Gasteiger partial charge in [0.2, 0.25) is 11.8 Å². The van der Waals surface area contributed by atoms with Gasteiger partial charge in [0.05, 0.1) is 5.92 Å². The number of hydrogen-bond donors (Lipinski definition) is 1. The number of nitrogens with zero attached hydrogens (tertiary/aromatic N) is 1. The Bertz CT molecular complexity index is 844. The van der Waals surface area contributed by atoms with Crippen molar-refractivity contribution in [2.75, 3.05) is 16.8 Å². The highest BCUT2D eigenvalue weighted by Gasteiger charge is 2.35. The van der Waals surface area contributed by atoms with E-state index in [1.807, 2.05) is 37.3 Å². The fraction of sp³-hybridized carbons (Fsp3) is 0.333. The first-order valence-corrected chi connectivity index (χ1v) is 8.90. The molecular formula is C21H22N2O2. The normalized spacial score (nSPS) is 19.2. The Morgan fingerprint density at radius 2 is 1.92 bits per heavy atom. The molecule has 0 aromatic heterocycles. The maximum atomic E-state index is 12.6. The van der Waals surface area contributed by atoms with Gasteiger partial charge < -0.3 is 10.2 Å². The van der Waals surface area contributed by atoms with Crippen LogP contribution in [0.25, 0.3) is 0 Å². The van der Waals surface area contributed by atoms with Crippen LogP contribution in [0.5, 0.6) is 0 Å². The number of anilines is 2. The molecule has 2 amide bonds. The molecule has 1 fully saturated rings. The van der Waals surface area contributed by atoms with E-state index in [2.05, 4.69) is 17.4 Å². The summed E-state index contributed by atoms with van der Waals surface area (Å²) in [5.41, 5.74) is 5.52. The van der Waals surface area contributed by atoms with Crippen LogP contribution in [0.2, 0.25) is 0 Å². The zero-order chi connectivity index (χ0) is 17.4. The lowest BCUT2D eigenvalue weighted by molar-refractivity contribution is -0.122. The molecule has 2 aromatic carbocycles. The zero-order valence-electron chi connectivity index (χ0n) is 14.4. The number of carbonyl (C=O) groups excluding carboxylic acids is 2. The van der Waals surface area contributed by atoms with E-state index in [0.717, 1.165) is 29.8 Å². The smallest absolute Gasteiger partial charge is 0.229 e. The quantitative estimate of drug-likeness (QED) is 0.934. The predicted molar refractivity (Wildman–Crippen MR) is 98.7 cm³/mol. The molecular weight excluding hydrogens is 312 g/mol. The molecule has 4 heteroatoms. The molecule has 2 aromatic rings. The van der Waals surface area contributed by atoms with Gasteiger partial charge in [-0.1, -0.05) is 24.3 Å². The van der Waals surface area contributed by atoms with E-state index in [1.54, 1.807) is 4.90 Å². The molecule has 128 valence electrons. The second kappa shape index (κ2) is 6.36. The van der Waals surface area contributed by atoms with E-state index in [-0.39, 0.29) is 24.2 Å². The lowest BCUT2D eigenvalue weighted by Crippen LogP contribution is -2.28. The van der Waals surface area contributed by atoms with Gasteiger partial charge in [-0.05, 0) is 61.1 Å². The first kappa shape index (κ1) is 15.9. The molecule has 4 rings (SSSR count). The molecule has 1 N–H and O–H groups in total. The topological polar surface area (TPSA) is 49.4 Å². The largest absolute Gasteiger partial charge is 0.326 e. The van der Waals surface area contributed by atoms with Crippen LogP contribution in [-0.2, 0) is 22.4 Å². The van der Waals surface area contributed by atoms with Crippen LogP contribution in [0.15, 0.2) is 42.5 Å². The van der Waals surface area contributed by atoms with Crippen LogP contribution in [0.1, 0.15) is 29.5 Å². The number of nitrogens with one attached hydrogen (secondary N) is 1. The van der Waals surface area contributed by atoms with Gasteiger partial charge in [-0.15, -0.1) is 0 Å². The van der Waals surface area contributed by atoms with Crippen molar-refractivity contribution in [1.82, 2.24) is 0 Å². The number of rotatable bonds is 3. The van der Waals surface area contributed by atoms with Crippen LogP contribution in [-0.4, -0.2) is 18.4 Å². The van der Waals surface area contributed by atoms with E-state index < -0.39 is 0 Å². The average Bonchev–Trinajstić information content (AvgIpc) is 3.21. The Labute approximate surface area is 147 Å². The van der Waals surface area contributed by atoms with Crippen molar-refractivity contribution in [3.05, 3.63) is 59.2 Å². The molecule has 1 atom stereocenters. The van der Waals surface area contributed by atoms with Crippen LogP contribution >= 0.6 is 0 Å². The molecule has 0 bridgehead atoms. The summed E-state index contributed by atoms with van der Waals surface area (Å²) < 4.78 is 0. The lowest BCUT2D eigenvalue weighted by Gasteiger charge is -2.19. The van der Waals surface area contributed by atoms with E-state index >= 15 is 0 Å². The third kappa shape index (κ3) is 3.04.